The van der Waals surface area contributed by atoms with E-state index >= 15 is 0 Å². The molecule has 0 unspecified atom stereocenters. The third kappa shape index (κ3) is 2.90. The summed E-state index contributed by atoms with van der Waals surface area (Å²) < 4.78 is 10.5. The van der Waals surface area contributed by atoms with Gasteiger partial charge in [-0.2, -0.15) is 0 Å². The van der Waals surface area contributed by atoms with Crippen LogP contribution in [0.1, 0.15) is 0 Å². The lowest BCUT2D eigenvalue weighted by Crippen LogP contribution is -2.13. The number of nitrogen functional groups attached to an aromatic ring is 1. The Balaban J connectivity index is 0.000000125. The van der Waals surface area contributed by atoms with E-state index in [1.54, 1.807) is 11.3 Å². The van der Waals surface area contributed by atoms with Crippen molar-refractivity contribution < 1.29 is 9.47 Å². The normalized spacial score (nSPS) is 12.5. The highest BCUT2D eigenvalue weighted by Gasteiger charge is 2.10. The summed E-state index contributed by atoms with van der Waals surface area (Å²) >= 11 is 1.61. The molecule has 0 saturated heterocycles. The summed E-state index contributed by atoms with van der Waals surface area (Å²) in [6, 6.07) is 9.49. The number of nitrogens with two attached hydrogens (primary N) is 1. The van der Waals surface area contributed by atoms with Crippen molar-refractivity contribution in [3.63, 3.8) is 0 Å². The summed E-state index contributed by atoms with van der Waals surface area (Å²) in [6.07, 6.45) is 0. The van der Waals surface area contributed by atoms with Crippen molar-refractivity contribution >= 4 is 17.0 Å². The first-order valence-corrected chi connectivity index (χ1v) is 5.93. The Morgan fingerprint density at radius 3 is 1.94 bits per heavy atom. The van der Waals surface area contributed by atoms with Crippen LogP contribution in [0.4, 0.5) is 5.69 Å². The first-order chi connectivity index (χ1) is 7.86. The lowest BCUT2D eigenvalue weighted by atomic mass is 10.3. The van der Waals surface area contributed by atoms with Crippen LogP contribution in [0.2, 0.25) is 0 Å². The number of hydrogen-bond acceptors (Lipinski definition) is 4. The molecule has 1 aliphatic rings. The van der Waals surface area contributed by atoms with Crippen LogP contribution in [0.25, 0.3) is 0 Å². The first kappa shape index (κ1) is 10.8. The molecule has 0 amide bonds. The van der Waals surface area contributed by atoms with Crippen molar-refractivity contribution in [2.24, 2.45) is 0 Å². The van der Waals surface area contributed by atoms with Gasteiger partial charge in [-0.25, -0.2) is 0 Å². The number of para-hydroxylation sites is 1. The lowest BCUT2D eigenvalue weighted by molar-refractivity contribution is 0.173. The molecule has 0 aliphatic carbocycles. The molecule has 0 radical (unpaired) electrons. The zero-order valence-corrected chi connectivity index (χ0v) is 9.57. The van der Waals surface area contributed by atoms with Gasteiger partial charge in [0.25, 0.3) is 0 Å². The highest BCUT2D eigenvalue weighted by Crippen LogP contribution is 2.33. The molecule has 1 aromatic heterocycles. The van der Waals surface area contributed by atoms with Gasteiger partial charge in [-0.15, -0.1) is 11.3 Å². The molecule has 0 saturated carbocycles. The Kier molecular flexibility index (Phi) is 3.66. The molecule has 3 nitrogen and oxygen atoms in total. The Labute approximate surface area is 98.4 Å². The molecule has 1 aliphatic heterocycles. The largest absolute Gasteiger partial charge is 0.485 e. The summed E-state index contributed by atoms with van der Waals surface area (Å²) in [4.78, 5) is 0. The van der Waals surface area contributed by atoms with Crippen LogP contribution >= 0.6 is 11.3 Å². The second-order valence-electron chi connectivity index (χ2n) is 3.21. The second kappa shape index (κ2) is 5.42. The topological polar surface area (TPSA) is 44.5 Å². The van der Waals surface area contributed by atoms with E-state index in [1.165, 1.54) is 0 Å². The maximum Gasteiger partial charge on any atom is 0.172 e. The van der Waals surface area contributed by atoms with Crippen molar-refractivity contribution in [3.8, 4) is 11.5 Å². The molecule has 4 heteroatoms. The Morgan fingerprint density at radius 1 is 0.938 bits per heavy atom. The van der Waals surface area contributed by atoms with Crippen molar-refractivity contribution in [3.05, 3.63) is 41.1 Å². The summed E-state index contributed by atoms with van der Waals surface area (Å²) in [5.41, 5.74) is 6.18. The Morgan fingerprint density at radius 2 is 1.50 bits per heavy atom. The summed E-state index contributed by atoms with van der Waals surface area (Å²) in [6.45, 7) is 1.37. The molecule has 1 aromatic carbocycles. The van der Waals surface area contributed by atoms with Gasteiger partial charge in [-0.05, 0) is 12.1 Å². The van der Waals surface area contributed by atoms with Crippen molar-refractivity contribution in [1.29, 1.82) is 0 Å². The molecular weight excluding hydrogens is 222 g/mol. The number of ether oxygens (including phenoxy) is 2. The predicted octanol–water partition coefficient (Wildman–Crippen LogP) is 2.79. The molecule has 0 fully saturated rings. The van der Waals surface area contributed by atoms with Crippen LogP contribution < -0.4 is 15.2 Å². The van der Waals surface area contributed by atoms with Crippen molar-refractivity contribution in [2.75, 3.05) is 18.9 Å². The molecule has 2 heterocycles. The fourth-order valence-corrected chi connectivity index (χ4v) is 1.92. The third-order valence-electron chi connectivity index (χ3n) is 1.99. The fourth-order valence-electron chi connectivity index (χ4n) is 1.24. The van der Waals surface area contributed by atoms with Gasteiger partial charge in [-0.1, -0.05) is 18.2 Å². The van der Waals surface area contributed by atoms with E-state index in [9.17, 15) is 0 Å². The maximum absolute atomic E-state index is 5.36. The minimum absolute atomic E-state index is 0.684. The number of thiophene rings is 1. The molecule has 84 valence electrons. The predicted molar refractivity (Wildman–Crippen MR) is 66.2 cm³/mol. The van der Waals surface area contributed by atoms with E-state index < -0.39 is 0 Å². The van der Waals surface area contributed by atoms with Gasteiger partial charge >= 0.3 is 0 Å². The number of hydrogen-bond donors (Lipinski definition) is 1. The van der Waals surface area contributed by atoms with Gasteiger partial charge in [0.2, 0.25) is 0 Å². The van der Waals surface area contributed by atoms with Crippen LogP contribution in [0.3, 0.4) is 0 Å². The maximum atomic E-state index is 5.36. The Bertz CT molecular complexity index is 407. The monoisotopic (exact) mass is 235 g/mol. The lowest BCUT2D eigenvalue weighted by Gasteiger charge is -2.13. The van der Waals surface area contributed by atoms with E-state index in [0.717, 1.165) is 17.2 Å². The van der Waals surface area contributed by atoms with Gasteiger partial charge in [0.1, 0.15) is 13.2 Å². The second-order valence-corrected chi connectivity index (χ2v) is 3.95. The van der Waals surface area contributed by atoms with E-state index in [-0.39, 0.29) is 0 Å². The van der Waals surface area contributed by atoms with Crippen molar-refractivity contribution in [1.82, 2.24) is 0 Å². The van der Waals surface area contributed by atoms with Gasteiger partial charge in [0.15, 0.2) is 11.5 Å². The minimum Gasteiger partial charge on any atom is -0.485 e. The molecule has 0 bridgehead atoms. The zero-order valence-electron chi connectivity index (χ0n) is 8.76. The fraction of sp³-hybridized carbons (Fsp3) is 0.167. The van der Waals surface area contributed by atoms with Crippen LogP contribution in [-0.4, -0.2) is 13.2 Å². The molecule has 2 N–H and O–H groups in total. The van der Waals surface area contributed by atoms with Gasteiger partial charge in [-0.3, -0.25) is 0 Å². The molecule has 0 atom stereocenters. The van der Waals surface area contributed by atoms with Crippen LogP contribution in [-0.2, 0) is 0 Å². The summed E-state index contributed by atoms with van der Waals surface area (Å²) in [5, 5.41) is 3.91. The summed E-state index contributed by atoms with van der Waals surface area (Å²) in [5.74, 6) is 1.79. The molecular formula is C12H13NO2S. The highest BCUT2D eigenvalue weighted by molar-refractivity contribution is 7.08. The average Bonchev–Trinajstić information content (AvgIpc) is 2.79. The van der Waals surface area contributed by atoms with Crippen LogP contribution in [0, 0.1) is 0 Å². The number of fused-ring (bicyclic) bond motifs is 1. The minimum atomic E-state index is 0.684. The standard InChI is InChI=1S/C6H7N.C6H6O2S/c7-6-4-2-1-3-5-6;1-2-8-6-4-9-3-5(6)7-1/h1-5H,7H2;3-4H,1-2H2. The SMILES string of the molecule is Nc1ccccc1.c1scc2c1OCCO2. The number of anilines is 1. The molecule has 3 rings (SSSR count). The third-order valence-corrected chi connectivity index (χ3v) is 2.69. The summed E-state index contributed by atoms with van der Waals surface area (Å²) in [7, 11) is 0. The number of benzene rings is 1. The van der Waals surface area contributed by atoms with E-state index in [4.69, 9.17) is 15.2 Å². The van der Waals surface area contributed by atoms with Crippen LogP contribution in [0.15, 0.2) is 41.1 Å². The smallest absolute Gasteiger partial charge is 0.172 e. The van der Waals surface area contributed by atoms with Crippen LogP contribution in [0.5, 0.6) is 11.5 Å². The molecule has 16 heavy (non-hydrogen) atoms. The molecule has 2 aromatic rings. The van der Waals surface area contributed by atoms with Gasteiger partial charge < -0.3 is 15.2 Å². The average molecular weight is 235 g/mol. The van der Waals surface area contributed by atoms with E-state index in [0.29, 0.717) is 13.2 Å². The van der Waals surface area contributed by atoms with Crippen molar-refractivity contribution in [2.45, 2.75) is 0 Å². The van der Waals surface area contributed by atoms with Gasteiger partial charge in [0.05, 0.1) is 0 Å². The quantitative estimate of drug-likeness (QED) is 0.714. The highest BCUT2D eigenvalue weighted by atomic mass is 32.1. The Hall–Kier alpha value is -1.68. The van der Waals surface area contributed by atoms with E-state index in [2.05, 4.69) is 0 Å². The number of rotatable bonds is 0. The zero-order chi connectivity index (χ0) is 11.2. The molecule has 0 spiro atoms. The first-order valence-electron chi connectivity index (χ1n) is 4.98. The van der Waals surface area contributed by atoms with E-state index in [1.807, 2.05) is 41.1 Å². The van der Waals surface area contributed by atoms with Gasteiger partial charge in [0, 0.05) is 16.4 Å².